The molecule has 4 rings (SSSR count). The molecule has 1 aromatic heterocycles. The average Bonchev–Trinajstić information content (AvgIpc) is 2.83. The molecule has 0 saturated heterocycles. The Hall–Kier alpha value is -3.26. The number of pyridine rings is 1. The van der Waals surface area contributed by atoms with Crippen LogP contribution in [-0.2, 0) is 10.0 Å². The number of ether oxygens (including phenoxy) is 1. The molecule has 0 aliphatic heterocycles. The van der Waals surface area contributed by atoms with Crippen LogP contribution in [0.2, 0.25) is 5.02 Å². The highest BCUT2D eigenvalue weighted by atomic mass is 35.5. The van der Waals surface area contributed by atoms with Crippen molar-refractivity contribution in [1.29, 1.82) is 0 Å². The van der Waals surface area contributed by atoms with E-state index in [4.69, 9.17) is 16.3 Å². The van der Waals surface area contributed by atoms with Crippen molar-refractivity contribution in [2.45, 2.75) is 31.6 Å². The number of carbonyl (C=O) groups excluding carboxylic acids is 1. The first kappa shape index (κ1) is 25.8. The number of carbonyl (C=O) groups is 1. The number of aryl methyl sites for hydroxylation is 1. The van der Waals surface area contributed by atoms with Gasteiger partial charge in [-0.15, -0.1) is 0 Å². The molecular formula is C28H27ClN2O4S. The molecule has 0 bridgehead atoms. The topological polar surface area (TPSA) is 76.6 Å². The molecule has 0 amide bonds. The van der Waals surface area contributed by atoms with Gasteiger partial charge in [-0.1, -0.05) is 55.8 Å². The van der Waals surface area contributed by atoms with Crippen molar-refractivity contribution in [3.8, 4) is 16.9 Å². The van der Waals surface area contributed by atoms with Crippen LogP contribution in [0.25, 0.3) is 22.0 Å². The maximum Gasteiger partial charge on any atom is 0.343 e. The van der Waals surface area contributed by atoms with Gasteiger partial charge in [-0.2, -0.15) is 0 Å². The van der Waals surface area contributed by atoms with Gasteiger partial charge < -0.3 is 4.74 Å². The number of fused-ring (bicyclic) bond motifs is 1. The van der Waals surface area contributed by atoms with Crippen molar-refractivity contribution < 1.29 is 17.9 Å². The predicted molar refractivity (Wildman–Crippen MR) is 143 cm³/mol. The minimum absolute atomic E-state index is 0.0282. The summed E-state index contributed by atoms with van der Waals surface area (Å²) in [6, 6.07) is 17.4. The van der Waals surface area contributed by atoms with Crippen molar-refractivity contribution in [3.05, 3.63) is 88.6 Å². The van der Waals surface area contributed by atoms with Crippen molar-refractivity contribution >= 4 is 38.5 Å². The molecule has 0 aliphatic carbocycles. The van der Waals surface area contributed by atoms with Crippen LogP contribution in [0.15, 0.2) is 71.8 Å². The first-order valence-corrected chi connectivity index (χ1v) is 13.3. The second-order valence-electron chi connectivity index (χ2n) is 9.06. The van der Waals surface area contributed by atoms with Gasteiger partial charge in [-0.3, -0.25) is 4.98 Å². The SMILES string of the molecule is Cc1ccc(S(=O)(=O)N(C)C)cc1C(=O)Oc1cccc(-c2c(C(C)C)cnc3c(Cl)cccc23)c1. The number of nitrogens with zero attached hydrogens (tertiary/aromatic N) is 2. The Morgan fingerprint density at radius 1 is 1.03 bits per heavy atom. The van der Waals surface area contributed by atoms with E-state index in [1.54, 1.807) is 31.2 Å². The third-order valence-corrected chi connectivity index (χ3v) is 8.16. The van der Waals surface area contributed by atoms with Gasteiger partial charge in [0, 0.05) is 25.7 Å². The number of para-hydroxylation sites is 1. The zero-order valence-corrected chi connectivity index (χ0v) is 22.3. The quantitative estimate of drug-likeness (QED) is 0.214. The fourth-order valence-corrected chi connectivity index (χ4v) is 5.18. The van der Waals surface area contributed by atoms with Gasteiger partial charge in [-0.05, 0) is 65.4 Å². The lowest BCUT2D eigenvalue weighted by Crippen LogP contribution is -2.23. The molecular weight excluding hydrogens is 496 g/mol. The lowest BCUT2D eigenvalue weighted by Gasteiger charge is -2.17. The predicted octanol–water partition coefficient (Wildman–Crippen LogP) is 6.46. The normalized spacial score (nSPS) is 11.9. The largest absolute Gasteiger partial charge is 0.423 e. The molecule has 3 aromatic carbocycles. The highest BCUT2D eigenvalue weighted by Gasteiger charge is 2.22. The van der Waals surface area contributed by atoms with Crippen LogP contribution in [-0.4, -0.2) is 37.8 Å². The molecule has 36 heavy (non-hydrogen) atoms. The summed E-state index contributed by atoms with van der Waals surface area (Å²) in [7, 11) is -0.805. The summed E-state index contributed by atoms with van der Waals surface area (Å²) >= 11 is 6.42. The zero-order chi connectivity index (χ0) is 26.2. The number of hydrogen-bond donors (Lipinski definition) is 0. The Labute approximate surface area is 216 Å². The van der Waals surface area contributed by atoms with Gasteiger partial charge >= 0.3 is 5.97 Å². The number of esters is 1. The molecule has 0 atom stereocenters. The molecule has 0 unspecified atom stereocenters. The minimum atomic E-state index is -3.69. The molecule has 186 valence electrons. The smallest absolute Gasteiger partial charge is 0.343 e. The molecule has 8 heteroatoms. The van der Waals surface area contributed by atoms with Gasteiger partial charge in [0.25, 0.3) is 0 Å². The summed E-state index contributed by atoms with van der Waals surface area (Å²) < 4.78 is 31.9. The van der Waals surface area contributed by atoms with Gasteiger partial charge in [0.2, 0.25) is 10.0 Å². The Kier molecular flexibility index (Phi) is 7.18. The minimum Gasteiger partial charge on any atom is -0.423 e. The molecule has 0 N–H and O–H groups in total. The van der Waals surface area contributed by atoms with E-state index in [0.717, 1.165) is 26.4 Å². The van der Waals surface area contributed by atoms with Crippen LogP contribution in [0.5, 0.6) is 5.75 Å². The molecule has 0 fully saturated rings. The zero-order valence-electron chi connectivity index (χ0n) is 20.7. The van der Waals surface area contributed by atoms with Crippen LogP contribution in [0, 0.1) is 6.92 Å². The van der Waals surface area contributed by atoms with Crippen molar-refractivity contribution in [3.63, 3.8) is 0 Å². The summed E-state index contributed by atoms with van der Waals surface area (Å²) in [4.78, 5) is 17.7. The fourth-order valence-electron chi connectivity index (χ4n) is 4.03. The number of aromatic nitrogens is 1. The second-order valence-corrected chi connectivity index (χ2v) is 11.6. The molecule has 0 saturated carbocycles. The highest BCUT2D eigenvalue weighted by molar-refractivity contribution is 7.89. The first-order valence-electron chi connectivity index (χ1n) is 11.4. The first-order chi connectivity index (χ1) is 17.0. The Bertz CT molecular complexity index is 1580. The summed E-state index contributed by atoms with van der Waals surface area (Å²) in [5, 5.41) is 1.48. The molecule has 4 aromatic rings. The number of halogens is 1. The fraction of sp³-hybridized carbons (Fsp3) is 0.214. The Morgan fingerprint density at radius 3 is 2.44 bits per heavy atom. The second kappa shape index (κ2) is 10.0. The number of rotatable bonds is 6. The van der Waals surface area contributed by atoms with Gasteiger partial charge in [-0.25, -0.2) is 17.5 Å². The molecule has 0 aliphatic rings. The lowest BCUT2D eigenvalue weighted by molar-refractivity contribution is 0.0734. The third kappa shape index (κ3) is 4.87. The van der Waals surface area contributed by atoms with Gasteiger partial charge in [0.1, 0.15) is 5.75 Å². The summed E-state index contributed by atoms with van der Waals surface area (Å²) in [5.74, 6) is -0.0854. The van der Waals surface area contributed by atoms with E-state index in [9.17, 15) is 13.2 Å². The van der Waals surface area contributed by atoms with Gasteiger partial charge in [0.05, 0.1) is 21.0 Å². The Balaban J connectivity index is 1.76. The van der Waals surface area contributed by atoms with E-state index >= 15 is 0 Å². The van der Waals surface area contributed by atoms with Crippen LogP contribution in [0.1, 0.15) is 41.3 Å². The van der Waals surface area contributed by atoms with E-state index in [1.807, 2.05) is 30.5 Å². The van der Waals surface area contributed by atoms with Crippen molar-refractivity contribution in [2.75, 3.05) is 14.1 Å². The standard InChI is InChI=1S/C28H27ClN2O4S/c1-17(2)24-16-30-27-22(10-7-11-25(27)29)26(24)19-8-6-9-20(14-19)35-28(32)23-15-21(13-12-18(23)3)36(33,34)31(4)5/h6-17H,1-5H3. The number of sulfonamides is 1. The van der Waals surface area contributed by atoms with Crippen LogP contribution in [0.3, 0.4) is 0 Å². The van der Waals surface area contributed by atoms with Gasteiger partial charge in [0.15, 0.2) is 0 Å². The van der Waals surface area contributed by atoms with E-state index < -0.39 is 16.0 Å². The Morgan fingerprint density at radius 2 is 1.75 bits per heavy atom. The maximum absolute atomic E-state index is 13.1. The summed E-state index contributed by atoms with van der Waals surface area (Å²) in [6.45, 7) is 5.93. The number of hydrogen-bond acceptors (Lipinski definition) is 5. The monoisotopic (exact) mass is 522 g/mol. The highest BCUT2D eigenvalue weighted by Crippen LogP contribution is 2.38. The summed E-state index contributed by atoms with van der Waals surface area (Å²) in [6.07, 6.45) is 1.84. The average molecular weight is 523 g/mol. The van der Waals surface area contributed by atoms with E-state index in [0.29, 0.717) is 21.9 Å². The van der Waals surface area contributed by atoms with Crippen molar-refractivity contribution in [2.24, 2.45) is 0 Å². The molecule has 0 radical (unpaired) electrons. The maximum atomic E-state index is 13.1. The third-order valence-electron chi connectivity index (χ3n) is 6.04. The lowest BCUT2D eigenvalue weighted by atomic mass is 9.91. The van der Waals surface area contributed by atoms with E-state index in [-0.39, 0.29) is 16.4 Å². The molecule has 1 heterocycles. The van der Waals surface area contributed by atoms with Crippen LogP contribution >= 0.6 is 11.6 Å². The van der Waals surface area contributed by atoms with E-state index in [2.05, 4.69) is 18.8 Å². The molecule has 0 spiro atoms. The number of benzene rings is 3. The van der Waals surface area contributed by atoms with E-state index in [1.165, 1.54) is 26.2 Å². The van der Waals surface area contributed by atoms with Crippen LogP contribution in [0.4, 0.5) is 0 Å². The van der Waals surface area contributed by atoms with Crippen LogP contribution < -0.4 is 4.74 Å². The molecule has 6 nitrogen and oxygen atoms in total. The summed E-state index contributed by atoms with van der Waals surface area (Å²) in [5.41, 5.74) is 4.39. The van der Waals surface area contributed by atoms with Crippen molar-refractivity contribution in [1.82, 2.24) is 9.29 Å².